The van der Waals surface area contributed by atoms with Gasteiger partial charge in [-0.05, 0) is 48.2 Å². The number of carbonyl (C=O) groups is 1. The SMILES string of the molecule is Cc1cc(N)nc(C)c1CNc1nc(C(=O)N(C)C)nc2nn(Cc3ccc(Cn4cccn4)cc3)cc12. The molecule has 0 spiro atoms. The number of benzene rings is 1. The second-order valence-corrected chi connectivity index (χ2v) is 9.46. The van der Waals surface area contributed by atoms with Gasteiger partial charge in [0.1, 0.15) is 11.6 Å². The molecule has 3 N–H and O–H groups in total. The van der Waals surface area contributed by atoms with Crippen molar-refractivity contribution >= 4 is 28.6 Å². The van der Waals surface area contributed by atoms with E-state index in [2.05, 4.69) is 54.7 Å². The van der Waals surface area contributed by atoms with Crippen molar-refractivity contribution < 1.29 is 4.79 Å². The Kier molecular flexibility index (Phi) is 6.73. The van der Waals surface area contributed by atoms with Gasteiger partial charge >= 0.3 is 0 Å². The van der Waals surface area contributed by atoms with Gasteiger partial charge in [0.05, 0.1) is 18.5 Å². The first-order valence-electron chi connectivity index (χ1n) is 12.3. The number of nitrogens with one attached hydrogen (secondary N) is 1. The number of anilines is 2. The maximum Gasteiger partial charge on any atom is 0.291 e. The van der Waals surface area contributed by atoms with Crippen molar-refractivity contribution in [3.8, 4) is 0 Å². The van der Waals surface area contributed by atoms with E-state index in [0.29, 0.717) is 36.9 Å². The van der Waals surface area contributed by atoms with Crippen molar-refractivity contribution in [3.05, 3.63) is 88.8 Å². The summed E-state index contributed by atoms with van der Waals surface area (Å²) in [6.07, 6.45) is 5.62. The number of amides is 1. The van der Waals surface area contributed by atoms with E-state index in [0.717, 1.165) is 33.3 Å². The lowest BCUT2D eigenvalue weighted by atomic mass is 10.1. The molecule has 5 aromatic rings. The lowest BCUT2D eigenvalue weighted by Crippen LogP contribution is -2.24. The molecular weight excluding hydrogens is 480 g/mol. The summed E-state index contributed by atoms with van der Waals surface area (Å²) in [6, 6.07) is 12.1. The van der Waals surface area contributed by atoms with Crippen LogP contribution in [0, 0.1) is 13.8 Å². The number of fused-ring (bicyclic) bond motifs is 1. The van der Waals surface area contributed by atoms with Crippen molar-refractivity contribution in [2.75, 3.05) is 25.1 Å². The molecule has 5 rings (SSSR count). The van der Waals surface area contributed by atoms with E-state index in [9.17, 15) is 4.79 Å². The minimum absolute atomic E-state index is 0.0853. The van der Waals surface area contributed by atoms with Crippen LogP contribution in [0.15, 0.2) is 55.0 Å². The highest BCUT2D eigenvalue weighted by atomic mass is 16.2. The van der Waals surface area contributed by atoms with Gasteiger partial charge in [-0.1, -0.05) is 24.3 Å². The van der Waals surface area contributed by atoms with Crippen molar-refractivity contribution in [2.24, 2.45) is 0 Å². The Hall–Kier alpha value is -4.80. The molecule has 0 aliphatic heterocycles. The molecule has 0 aliphatic carbocycles. The number of nitrogen functional groups attached to an aromatic ring is 1. The summed E-state index contributed by atoms with van der Waals surface area (Å²) >= 11 is 0. The number of carbonyl (C=O) groups excluding carboxylic acids is 1. The number of nitrogens with two attached hydrogens (primary N) is 1. The molecule has 0 radical (unpaired) electrons. The van der Waals surface area contributed by atoms with Gasteiger partial charge in [-0.3, -0.25) is 14.2 Å². The van der Waals surface area contributed by atoms with Crippen molar-refractivity contribution in [2.45, 2.75) is 33.5 Å². The summed E-state index contributed by atoms with van der Waals surface area (Å²) in [5.41, 5.74) is 11.5. The molecule has 4 aromatic heterocycles. The number of pyridine rings is 1. The molecule has 4 heterocycles. The normalized spacial score (nSPS) is 11.2. The third-order valence-electron chi connectivity index (χ3n) is 6.30. The maximum atomic E-state index is 12.7. The molecule has 194 valence electrons. The fourth-order valence-electron chi connectivity index (χ4n) is 4.31. The molecular formula is C27H30N10O. The first-order chi connectivity index (χ1) is 18.3. The van der Waals surface area contributed by atoms with Crippen LogP contribution >= 0.6 is 0 Å². The Morgan fingerprint density at radius 3 is 2.37 bits per heavy atom. The van der Waals surface area contributed by atoms with Gasteiger partial charge in [0, 0.05) is 44.9 Å². The van der Waals surface area contributed by atoms with Gasteiger partial charge in [0.2, 0.25) is 5.82 Å². The zero-order valence-electron chi connectivity index (χ0n) is 21.9. The molecule has 1 amide bonds. The van der Waals surface area contributed by atoms with Gasteiger partial charge in [0.25, 0.3) is 5.91 Å². The maximum absolute atomic E-state index is 12.7. The van der Waals surface area contributed by atoms with Gasteiger partial charge in [0.15, 0.2) is 5.65 Å². The van der Waals surface area contributed by atoms with Crippen LogP contribution in [0.25, 0.3) is 11.0 Å². The molecule has 0 bridgehead atoms. The number of nitrogens with zero attached hydrogens (tertiary/aromatic N) is 8. The van der Waals surface area contributed by atoms with Crippen LogP contribution in [0.4, 0.5) is 11.6 Å². The number of hydrogen-bond donors (Lipinski definition) is 2. The largest absolute Gasteiger partial charge is 0.384 e. The predicted octanol–water partition coefficient (Wildman–Crippen LogP) is 3.03. The summed E-state index contributed by atoms with van der Waals surface area (Å²) in [7, 11) is 3.34. The van der Waals surface area contributed by atoms with Gasteiger partial charge in [-0.2, -0.15) is 10.2 Å². The Bertz CT molecular complexity index is 1560. The second kappa shape index (κ2) is 10.3. The summed E-state index contributed by atoms with van der Waals surface area (Å²) in [5, 5.41) is 13.0. The molecule has 38 heavy (non-hydrogen) atoms. The van der Waals surface area contributed by atoms with Crippen molar-refractivity contribution in [3.63, 3.8) is 0 Å². The Labute approximate surface area is 220 Å². The highest BCUT2D eigenvalue weighted by Crippen LogP contribution is 2.23. The average molecular weight is 511 g/mol. The van der Waals surface area contributed by atoms with E-state index in [1.807, 2.05) is 47.7 Å². The van der Waals surface area contributed by atoms with E-state index >= 15 is 0 Å². The highest BCUT2D eigenvalue weighted by Gasteiger charge is 2.19. The number of rotatable bonds is 8. The third kappa shape index (κ3) is 5.31. The molecule has 0 atom stereocenters. The van der Waals surface area contributed by atoms with Crippen molar-refractivity contribution in [1.82, 2.24) is 39.4 Å². The molecule has 0 unspecified atom stereocenters. The van der Waals surface area contributed by atoms with Crippen LogP contribution in [0.5, 0.6) is 0 Å². The number of hydrogen-bond acceptors (Lipinski definition) is 8. The minimum atomic E-state index is -0.293. The van der Waals surface area contributed by atoms with Crippen LogP contribution in [-0.4, -0.2) is 59.4 Å². The molecule has 0 saturated carbocycles. The van der Waals surface area contributed by atoms with Crippen molar-refractivity contribution in [1.29, 1.82) is 0 Å². The summed E-state index contributed by atoms with van der Waals surface area (Å²) < 4.78 is 3.71. The van der Waals surface area contributed by atoms with E-state index in [4.69, 9.17) is 5.73 Å². The quantitative estimate of drug-likeness (QED) is 0.326. The van der Waals surface area contributed by atoms with Crippen LogP contribution in [0.1, 0.15) is 38.6 Å². The fraction of sp³-hybridized carbons (Fsp3) is 0.259. The lowest BCUT2D eigenvalue weighted by Gasteiger charge is -2.13. The van der Waals surface area contributed by atoms with E-state index in [-0.39, 0.29) is 11.7 Å². The molecule has 0 fully saturated rings. The molecule has 0 aliphatic rings. The second-order valence-electron chi connectivity index (χ2n) is 9.46. The zero-order chi connectivity index (χ0) is 26.8. The zero-order valence-corrected chi connectivity index (χ0v) is 21.9. The van der Waals surface area contributed by atoms with Gasteiger partial charge < -0.3 is 16.0 Å². The summed E-state index contributed by atoms with van der Waals surface area (Å²) in [5.74, 6) is 0.820. The van der Waals surface area contributed by atoms with E-state index < -0.39 is 0 Å². The Morgan fingerprint density at radius 2 is 1.74 bits per heavy atom. The third-order valence-corrected chi connectivity index (χ3v) is 6.30. The standard InChI is InChI=1S/C27H30N10O/c1-17-12-23(28)31-18(2)21(17)13-29-24-22-16-37(34-25(22)33-26(32-24)27(38)35(3)4)15-20-8-6-19(7-9-20)14-36-11-5-10-30-36/h5-12,16H,13-15H2,1-4H3,(H2,28,31)(H,29,32,33,34). The number of aromatic nitrogens is 7. The molecule has 11 heteroatoms. The summed E-state index contributed by atoms with van der Waals surface area (Å²) in [6.45, 7) is 5.66. The highest BCUT2D eigenvalue weighted by molar-refractivity contribution is 5.95. The van der Waals surface area contributed by atoms with Crippen LogP contribution in [0.3, 0.4) is 0 Å². The average Bonchev–Trinajstić information content (AvgIpc) is 3.53. The predicted molar refractivity (Wildman–Crippen MR) is 146 cm³/mol. The Balaban J connectivity index is 1.42. The monoisotopic (exact) mass is 510 g/mol. The molecule has 0 saturated heterocycles. The van der Waals surface area contributed by atoms with Gasteiger partial charge in [-0.25, -0.2) is 15.0 Å². The smallest absolute Gasteiger partial charge is 0.291 e. The lowest BCUT2D eigenvalue weighted by molar-refractivity contribution is 0.0816. The van der Waals surface area contributed by atoms with Crippen LogP contribution in [0.2, 0.25) is 0 Å². The van der Waals surface area contributed by atoms with Crippen LogP contribution < -0.4 is 11.1 Å². The molecule has 11 nitrogen and oxygen atoms in total. The van der Waals surface area contributed by atoms with Crippen LogP contribution in [-0.2, 0) is 19.6 Å². The fourth-order valence-corrected chi connectivity index (χ4v) is 4.31. The topological polar surface area (TPSA) is 133 Å². The number of aryl methyl sites for hydroxylation is 2. The van der Waals surface area contributed by atoms with E-state index in [1.165, 1.54) is 4.90 Å². The Morgan fingerprint density at radius 1 is 1.03 bits per heavy atom. The summed E-state index contributed by atoms with van der Waals surface area (Å²) in [4.78, 5) is 27.6. The minimum Gasteiger partial charge on any atom is -0.384 e. The molecule has 1 aromatic carbocycles. The van der Waals surface area contributed by atoms with E-state index in [1.54, 1.807) is 20.3 Å². The first kappa shape index (κ1) is 24.9. The first-order valence-corrected chi connectivity index (χ1v) is 12.3. The van der Waals surface area contributed by atoms with Gasteiger partial charge in [-0.15, -0.1) is 0 Å².